The number of anilines is 1. The van der Waals surface area contributed by atoms with Gasteiger partial charge < -0.3 is 10.0 Å². The van der Waals surface area contributed by atoms with Gasteiger partial charge >= 0.3 is 5.97 Å². The van der Waals surface area contributed by atoms with E-state index in [9.17, 15) is 14.9 Å². The molecule has 0 radical (unpaired) electrons. The lowest BCUT2D eigenvalue weighted by Gasteiger charge is -2.23. The SMILES string of the molecule is CCCN(CC)c1cc([N+](=O)[O-])ccc1C(=O)O. The van der Waals surface area contributed by atoms with Gasteiger partial charge in [0, 0.05) is 25.2 Å². The second kappa shape index (κ2) is 6.00. The van der Waals surface area contributed by atoms with Crippen LogP contribution in [0, 0.1) is 10.1 Å². The predicted octanol–water partition coefficient (Wildman–Crippen LogP) is 2.53. The summed E-state index contributed by atoms with van der Waals surface area (Å²) in [6, 6.07) is 3.82. The summed E-state index contributed by atoms with van der Waals surface area (Å²) in [7, 11) is 0. The molecule has 0 saturated heterocycles. The van der Waals surface area contributed by atoms with Gasteiger partial charge in [-0.05, 0) is 19.4 Å². The van der Waals surface area contributed by atoms with Crippen LogP contribution in [0.1, 0.15) is 30.6 Å². The molecule has 1 rings (SSSR count). The summed E-state index contributed by atoms with van der Waals surface area (Å²) >= 11 is 0. The molecule has 1 aromatic carbocycles. The molecule has 1 aromatic rings. The molecule has 18 heavy (non-hydrogen) atoms. The Labute approximate surface area is 105 Å². The van der Waals surface area contributed by atoms with Gasteiger partial charge in [0.2, 0.25) is 0 Å². The van der Waals surface area contributed by atoms with Crippen LogP contribution in [0.25, 0.3) is 0 Å². The van der Waals surface area contributed by atoms with Gasteiger partial charge in [-0.15, -0.1) is 0 Å². The Morgan fingerprint density at radius 1 is 1.44 bits per heavy atom. The number of nitrogens with zero attached hydrogens (tertiary/aromatic N) is 2. The van der Waals surface area contributed by atoms with Gasteiger partial charge in [0.25, 0.3) is 5.69 Å². The molecular weight excluding hydrogens is 236 g/mol. The van der Waals surface area contributed by atoms with Crippen LogP contribution in [0.4, 0.5) is 11.4 Å². The smallest absolute Gasteiger partial charge is 0.337 e. The van der Waals surface area contributed by atoms with Crippen molar-refractivity contribution in [2.45, 2.75) is 20.3 Å². The van der Waals surface area contributed by atoms with Crippen LogP contribution < -0.4 is 4.90 Å². The minimum atomic E-state index is -1.07. The largest absolute Gasteiger partial charge is 0.478 e. The average molecular weight is 252 g/mol. The average Bonchev–Trinajstić information content (AvgIpc) is 2.35. The zero-order valence-corrected chi connectivity index (χ0v) is 10.4. The number of hydrogen-bond acceptors (Lipinski definition) is 4. The summed E-state index contributed by atoms with van der Waals surface area (Å²) in [6.07, 6.45) is 0.843. The Hall–Kier alpha value is -2.11. The molecule has 6 heteroatoms. The lowest BCUT2D eigenvalue weighted by atomic mass is 10.1. The molecule has 98 valence electrons. The normalized spacial score (nSPS) is 10.1. The fraction of sp³-hybridized carbons (Fsp3) is 0.417. The fourth-order valence-corrected chi connectivity index (χ4v) is 1.79. The van der Waals surface area contributed by atoms with E-state index in [1.807, 2.05) is 18.7 Å². The molecule has 6 nitrogen and oxygen atoms in total. The summed E-state index contributed by atoms with van der Waals surface area (Å²) in [4.78, 5) is 23.2. The maximum absolute atomic E-state index is 11.1. The lowest BCUT2D eigenvalue weighted by molar-refractivity contribution is -0.384. The van der Waals surface area contributed by atoms with Gasteiger partial charge in [-0.2, -0.15) is 0 Å². The highest BCUT2D eigenvalue weighted by Gasteiger charge is 2.18. The maximum atomic E-state index is 11.1. The molecule has 1 N–H and O–H groups in total. The molecule has 0 aliphatic heterocycles. The van der Waals surface area contributed by atoms with E-state index < -0.39 is 10.9 Å². The van der Waals surface area contributed by atoms with Crippen molar-refractivity contribution in [2.24, 2.45) is 0 Å². The summed E-state index contributed by atoms with van der Waals surface area (Å²) in [5, 5.41) is 19.9. The maximum Gasteiger partial charge on any atom is 0.337 e. The predicted molar refractivity (Wildman–Crippen MR) is 68.2 cm³/mol. The second-order valence-corrected chi connectivity index (χ2v) is 3.84. The number of carbonyl (C=O) groups is 1. The standard InChI is InChI=1S/C12H16N2O4/c1-3-7-13(4-2)11-8-9(14(17)18)5-6-10(11)12(15)16/h5-6,8H,3-4,7H2,1-2H3,(H,15,16). The molecular formula is C12H16N2O4. The summed E-state index contributed by atoms with van der Waals surface area (Å²) in [5.74, 6) is -1.07. The molecule has 0 heterocycles. The van der Waals surface area contributed by atoms with Gasteiger partial charge in [0.15, 0.2) is 0 Å². The van der Waals surface area contributed by atoms with Crippen LogP contribution in [0.3, 0.4) is 0 Å². The van der Waals surface area contributed by atoms with Crippen LogP contribution in [0.5, 0.6) is 0 Å². The van der Waals surface area contributed by atoms with E-state index in [0.29, 0.717) is 18.8 Å². The topological polar surface area (TPSA) is 83.7 Å². The highest BCUT2D eigenvalue weighted by molar-refractivity contribution is 5.95. The van der Waals surface area contributed by atoms with E-state index in [1.54, 1.807) is 0 Å². The fourth-order valence-electron chi connectivity index (χ4n) is 1.79. The van der Waals surface area contributed by atoms with Crippen molar-refractivity contribution in [3.05, 3.63) is 33.9 Å². The number of carboxylic acid groups (broad SMARTS) is 1. The Morgan fingerprint density at radius 2 is 2.11 bits per heavy atom. The first kappa shape index (κ1) is 14.0. The third-order valence-electron chi connectivity index (χ3n) is 2.64. The number of rotatable bonds is 6. The highest BCUT2D eigenvalue weighted by Crippen LogP contribution is 2.26. The van der Waals surface area contributed by atoms with E-state index in [1.165, 1.54) is 18.2 Å². The van der Waals surface area contributed by atoms with Crippen molar-refractivity contribution >= 4 is 17.3 Å². The summed E-state index contributed by atoms with van der Waals surface area (Å²) in [6.45, 7) is 5.13. The number of benzene rings is 1. The molecule has 0 fully saturated rings. The van der Waals surface area contributed by atoms with E-state index in [4.69, 9.17) is 5.11 Å². The van der Waals surface area contributed by atoms with Crippen LogP contribution in [-0.4, -0.2) is 29.1 Å². The molecule has 0 amide bonds. The number of hydrogen-bond donors (Lipinski definition) is 1. The first-order valence-electron chi connectivity index (χ1n) is 5.77. The quantitative estimate of drug-likeness (QED) is 0.621. The molecule has 0 aliphatic rings. The van der Waals surface area contributed by atoms with Gasteiger partial charge in [-0.3, -0.25) is 10.1 Å². The van der Waals surface area contributed by atoms with Crippen molar-refractivity contribution in [1.29, 1.82) is 0 Å². The van der Waals surface area contributed by atoms with E-state index in [-0.39, 0.29) is 11.3 Å². The lowest BCUT2D eigenvalue weighted by Crippen LogP contribution is -2.25. The van der Waals surface area contributed by atoms with Crippen LogP contribution in [-0.2, 0) is 0 Å². The zero-order valence-electron chi connectivity index (χ0n) is 10.4. The van der Waals surface area contributed by atoms with Crippen LogP contribution >= 0.6 is 0 Å². The minimum absolute atomic E-state index is 0.0930. The van der Waals surface area contributed by atoms with Gasteiger partial charge in [-0.1, -0.05) is 6.92 Å². The Kier molecular flexibility index (Phi) is 4.65. The van der Waals surface area contributed by atoms with Crippen molar-refractivity contribution in [1.82, 2.24) is 0 Å². The molecule has 0 spiro atoms. The number of carboxylic acids is 1. The number of nitro groups is 1. The zero-order chi connectivity index (χ0) is 13.7. The molecule has 0 unspecified atom stereocenters. The number of aromatic carboxylic acids is 1. The van der Waals surface area contributed by atoms with Crippen molar-refractivity contribution in [3.8, 4) is 0 Å². The summed E-state index contributed by atoms with van der Waals surface area (Å²) in [5.41, 5.74) is 0.404. The van der Waals surface area contributed by atoms with Gasteiger partial charge in [0.05, 0.1) is 16.2 Å². The first-order valence-corrected chi connectivity index (χ1v) is 5.77. The highest BCUT2D eigenvalue weighted by atomic mass is 16.6. The van der Waals surface area contributed by atoms with Crippen molar-refractivity contribution in [3.63, 3.8) is 0 Å². The Balaban J connectivity index is 3.29. The molecule has 0 bridgehead atoms. The second-order valence-electron chi connectivity index (χ2n) is 3.84. The Morgan fingerprint density at radius 3 is 2.56 bits per heavy atom. The third-order valence-corrected chi connectivity index (χ3v) is 2.64. The Bertz CT molecular complexity index is 459. The number of non-ortho nitro benzene ring substituents is 1. The van der Waals surface area contributed by atoms with Gasteiger partial charge in [-0.25, -0.2) is 4.79 Å². The van der Waals surface area contributed by atoms with E-state index >= 15 is 0 Å². The molecule has 0 aromatic heterocycles. The minimum Gasteiger partial charge on any atom is -0.478 e. The van der Waals surface area contributed by atoms with Crippen molar-refractivity contribution < 1.29 is 14.8 Å². The number of nitro benzene ring substituents is 1. The van der Waals surface area contributed by atoms with Crippen LogP contribution in [0.2, 0.25) is 0 Å². The van der Waals surface area contributed by atoms with E-state index in [0.717, 1.165) is 6.42 Å². The first-order chi connectivity index (χ1) is 8.51. The van der Waals surface area contributed by atoms with E-state index in [2.05, 4.69) is 0 Å². The monoisotopic (exact) mass is 252 g/mol. The molecule has 0 atom stereocenters. The summed E-state index contributed by atoms with van der Waals surface area (Å²) < 4.78 is 0. The molecule has 0 aliphatic carbocycles. The van der Waals surface area contributed by atoms with Crippen LogP contribution in [0.15, 0.2) is 18.2 Å². The third kappa shape index (κ3) is 2.97. The molecule has 0 saturated carbocycles. The van der Waals surface area contributed by atoms with Crippen molar-refractivity contribution in [2.75, 3.05) is 18.0 Å². The van der Waals surface area contributed by atoms with Gasteiger partial charge in [0.1, 0.15) is 0 Å².